The molecule has 1 aliphatic heterocycles. The molecule has 2 aromatic carbocycles. The van der Waals surface area contributed by atoms with Crippen LogP contribution in [0.15, 0.2) is 54.9 Å². The minimum atomic E-state index is -4.61. The maximum Gasteiger partial charge on any atom is 0.407 e. The topological polar surface area (TPSA) is 147 Å². The molecule has 4 aromatic rings. The first kappa shape index (κ1) is 32.7. The number of alkyl halides is 2. The minimum Gasteiger partial charge on any atom is -0.465 e. The molecule has 0 aliphatic carbocycles. The molecule has 15 heteroatoms. The van der Waals surface area contributed by atoms with Crippen LogP contribution in [0.3, 0.4) is 0 Å². The number of hydrogen-bond donors (Lipinski definition) is 3. The lowest BCUT2D eigenvalue weighted by Crippen LogP contribution is -2.47. The fourth-order valence-corrected chi connectivity index (χ4v) is 6.76. The summed E-state index contributed by atoms with van der Waals surface area (Å²) in [6.07, 6.45) is 2.12. The molecule has 1 amide bonds. The Morgan fingerprint density at radius 2 is 1.87 bits per heavy atom. The van der Waals surface area contributed by atoms with Gasteiger partial charge in [-0.2, -0.15) is 0 Å². The SMILES string of the molecule is CCC(F)(F)CS(=O)(=O)Nc1c(F)ccc2c(Oc3ncccc3-c3ccnc(N[C@H]4C[C@@H](C)CN(C(=O)O)C4)n3)c(C)ccc12. The highest BCUT2D eigenvalue weighted by molar-refractivity contribution is 7.92. The van der Waals surface area contributed by atoms with Crippen LogP contribution in [0.5, 0.6) is 11.6 Å². The van der Waals surface area contributed by atoms with Crippen LogP contribution in [-0.4, -0.2) is 70.3 Å². The number of halogens is 3. The molecule has 0 saturated carbocycles. The van der Waals surface area contributed by atoms with E-state index in [1.165, 1.54) is 23.2 Å². The summed E-state index contributed by atoms with van der Waals surface area (Å²) in [7, 11) is -4.61. The minimum absolute atomic E-state index is 0.104. The Hall–Kier alpha value is -4.66. The number of likely N-dealkylation sites (tertiary alicyclic amines) is 1. The normalized spacial score (nSPS) is 17.1. The van der Waals surface area contributed by atoms with Gasteiger partial charge in [0.1, 0.15) is 17.3 Å². The first-order valence-corrected chi connectivity index (χ1v) is 16.2. The molecule has 1 aliphatic rings. The number of rotatable bonds is 10. The molecule has 46 heavy (non-hydrogen) atoms. The predicted molar refractivity (Wildman–Crippen MR) is 167 cm³/mol. The molecule has 0 radical (unpaired) electrons. The second-order valence-corrected chi connectivity index (χ2v) is 13.1. The van der Waals surface area contributed by atoms with Gasteiger partial charge in [0.25, 0.3) is 5.92 Å². The predicted octanol–water partition coefficient (Wildman–Crippen LogP) is 6.52. The van der Waals surface area contributed by atoms with Gasteiger partial charge in [-0.3, -0.25) is 4.72 Å². The Bertz CT molecular complexity index is 1880. The third-order valence-electron chi connectivity index (χ3n) is 7.64. The zero-order valence-electron chi connectivity index (χ0n) is 25.3. The van der Waals surface area contributed by atoms with Gasteiger partial charge >= 0.3 is 6.09 Å². The van der Waals surface area contributed by atoms with Crippen LogP contribution in [-0.2, 0) is 10.0 Å². The number of fused-ring (bicyclic) bond motifs is 1. The third-order valence-corrected chi connectivity index (χ3v) is 8.96. The molecule has 3 heterocycles. The zero-order valence-corrected chi connectivity index (χ0v) is 26.1. The average molecular weight is 659 g/mol. The number of benzene rings is 2. The lowest BCUT2D eigenvalue weighted by atomic mass is 9.96. The number of aryl methyl sites for hydroxylation is 1. The summed E-state index contributed by atoms with van der Waals surface area (Å²) in [4.78, 5) is 26.2. The number of nitrogens with one attached hydrogen (secondary N) is 2. The second-order valence-electron chi connectivity index (χ2n) is 11.4. The van der Waals surface area contributed by atoms with Gasteiger partial charge in [-0.05, 0) is 55.2 Å². The summed E-state index contributed by atoms with van der Waals surface area (Å²) in [5.74, 6) is -5.10. The smallest absolute Gasteiger partial charge is 0.407 e. The summed E-state index contributed by atoms with van der Waals surface area (Å²) in [6.45, 7) is 5.62. The summed E-state index contributed by atoms with van der Waals surface area (Å²) in [6, 6.07) is 10.4. The third kappa shape index (κ3) is 7.41. The number of piperidine rings is 1. The fraction of sp³-hybridized carbons (Fsp3) is 0.355. The average Bonchev–Trinajstić information content (AvgIpc) is 2.99. The molecule has 3 N–H and O–H groups in total. The number of pyridine rings is 1. The van der Waals surface area contributed by atoms with Gasteiger partial charge < -0.3 is 20.1 Å². The van der Waals surface area contributed by atoms with E-state index in [2.05, 4.69) is 20.3 Å². The van der Waals surface area contributed by atoms with E-state index in [9.17, 15) is 31.5 Å². The molecule has 2 atom stereocenters. The lowest BCUT2D eigenvalue weighted by molar-refractivity contribution is 0.0219. The van der Waals surface area contributed by atoms with Crippen LogP contribution in [0.1, 0.15) is 32.3 Å². The quantitative estimate of drug-likeness (QED) is 0.173. The second kappa shape index (κ2) is 13.0. The molecule has 1 fully saturated rings. The van der Waals surface area contributed by atoms with Crippen molar-refractivity contribution in [2.45, 2.75) is 45.6 Å². The van der Waals surface area contributed by atoms with Crippen LogP contribution >= 0.6 is 0 Å². The molecular formula is C31H33F3N6O5S. The van der Waals surface area contributed by atoms with E-state index in [1.54, 1.807) is 37.4 Å². The highest BCUT2D eigenvalue weighted by Crippen LogP contribution is 2.40. The molecule has 0 unspecified atom stereocenters. The van der Waals surface area contributed by atoms with Gasteiger partial charge in [0.15, 0.2) is 0 Å². The van der Waals surface area contributed by atoms with Crippen molar-refractivity contribution in [1.29, 1.82) is 0 Å². The van der Waals surface area contributed by atoms with Gasteiger partial charge in [-0.1, -0.05) is 26.0 Å². The highest BCUT2D eigenvalue weighted by atomic mass is 32.2. The molecule has 0 bridgehead atoms. The number of ether oxygens (including phenoxy) is 1. The van der Waals surface area contributed by atoms with Gasteiger partial charge in [-0.15, -0.1) is 0 Å². The van der Waals surface area contributed by atoms with E-state index in [-0.39, 0.29) is 35.5 Å². The summed E-state index contributed by atoms with van der Waals surface area (Å²) in [5.41, 5.74) is 1.08. The van der Waals surface area contributed by atoms with Crippen molar-refractivity contribution in [2.75, 3.05) is 28.9 Å². The van der Waals surface area contributed by atoms with E-state index in [1.807, 2.05) is 11.6 Å². The molecule has 5 rings (SSSR count). The number of sulfonamides is 1. The van der Waals surface area contributed by atoms with Crippen molar-refractivity contribution in [3.05, 3.63) is 66.2 Å². The lowest BCUT2D eigenvalue weighted by Gasteiger charge is -2.35. The van der Waals surface area contributed by atoms with Crippen molar-refractivity contribution < 1.29 is 36.2 Å². The maximum atomic E-state index is 15.0. The number of amides is 1. The molecule has 2 aromatic heterocycles. The van der Waals surface area contributed by atoms with Gasteiger partial charge in [0.2, 0.25) is 21.9 Å². The Morgan fingerprint density at radius 3 is 2.61 bits per heavy atom. The van der Waals surface area contributed by atoms with E-state index in [4.69, 9.17) is 4.74 Å². The van der Waals surface area contributed by atoms with Crippen molar-refractivity contribution in [2.24, 2.45) is 5.92 Å². The van der Waals surface area contributed by atoms with Crippen molar-refractivity contribution in [3.8, 4) is 22.9 Å². The van der Waals surface area contributed by atoms with Gasteiger partial charge in [-0.25, -0.2) is 41.3 Å². The number of carbonyl (C=O) groups is 1. The number of aromatic nitrogens is 3. The summed E-state index contributed by atoms with van der Waals surface area (Å²) >= 11 is 0. The molecule has 0 spiro atoms. The Labute approximate surface area is 263 Å². The molecular weight excluding hydrogens is 625 g/mol. The highest BCUT2D eigenvalue weighted by Gasteiger charge is 2.34. The number of carboxylic acid groups (broad SMARTS) is 1. The van der Waals surface area contributed by atoms with Crippen LogP contribution < -0.4 is 14.8 Å². The van der Waals surface area contributed by atoms with E-state index < -0.39 is 45.7 Å². The van der Waals surface area contributed by atoms with Crippen LogP contribution in [0, 0.1) is 18.7 Å². The fourth-order valence-electron chi connectivity index (χ4n) is 5.41. The van der Waals surface area contributed by atoms with E-state index in [0.717, 1.165) is 19.4 Å². The van der Waals surface area contributed by atoms with Crippen LogP contribution in [0.2, 0.25) is 0 Å². The molecule has 1 saturated heterocycles. The standard InChI is InChI=1S/C31H33F3N6O5S/c1-4-31(33,34)17-46(43,44)39-26-21-8-7-19(3)27(22(21)9-10-24(26)32)45-28-23(6-5-12-35-28)25-11-13-36-29(38-25)37-20-14-18(2)15-40(16-20)30(41)42/h5-13,18,20,39H,4,14-17H2,1-3H3,(H,41,42)(H,36,37,38)/t18-,20+/m1/s1. The first-order valence-electron chi connectivity index (χ1n) is 14.6. The van der Waals surface area contributed by atoms with Crippen molar-refractivity contribution in [3.63, 3.8) is 0 Å². The Balaban J connectivity index is 1.47. The monoisotopic (exact) mass is 658 g/mol. The van der Waals surface area contributed by atoms with Gasteiger partial charge in [0.05, 0.1) is 16.9 Å². The number of hydrogen-bond acceptors (Lipinski definition) is 8. The Morgan fingerprint density at radius 1 is 1.11 bits per heavy atom. The first-order chi connectivity index (χ1) is 21.7. The summed E-state index contributed by atoms with van der Waals surface area (Å²) < 4.78 is 76.3. The Kier molecular flexibility index (Phi) is 9.24. The van der Waals surface area contributed by atoms with Crippen LogP contribution in [0.25, 0.3) is 22.0 Å². The number of nitrogens with zero attached hydrogens (tertiary/aromatic N) is 4. The van der Waals surface area contributed by atoms with Crippen molar-refractivity contribution in [1.82, 2.24) is 19.9 Å². The largest absolute Gasteiger partial charge is 0.465 e. The zero-order chi connectivity index (χ0) is 33.2. The van der Waals surface area contributed by atoms with Gasteiger partial charge in [0, 0.05) is 48.7 Å². The van der Waals surface area contributed by atoms with Crippen LogP contribution in [0.4, 0.5) is 29.6 Å². The van der Waals surface area contributed by atoms with E-state index >= 15 is 0 Å². The molecule has 244 valence electrons. The number of anilines is 2. The van der Waals surface area contributed by atoms with E-state index in [0.29, 0.717) is 34.7 Å². The maximum absolute atomic E-state index is 15.0. The molecule has 11 nitrogen and oxygen atoms in total. The summed E-state index contributed by atoms with van der Waals surface area (Å²) in [5, 5.41) is 13.1. The van der Waals surface area contributed by atoms with Crippen molar-refractivity contribution >= 4 is 38.5 Å².